The number of rotatable bonds is 8. The minimum atomic E-state index is -0.802. The van der Waals surface area contributed by atoms with Crippen LogP contribution in [-0.4, -0.2) is 59.5 Å². The molecule has 0 aliphatic carbocycles. The molecule has 0 radical (unpaired) electrons. The lowest BCUT2D eigenvalue weighted by Gasteiger charge is -2.36. The molecule has 0 unspecified atom stereocenters. The summed E-state index contributed by atoms with van der Waals surface area (Å²) >= 11 is 0. The van der Waals surface area contributed by atoms with Gasteiger partial charge >= 0.3 is 5.97 Å². The summed E-state index contributed by atoms with van der Waals surface area (Å²) in [6.45, 7) is 3.67. The van der Waals surface area contributed by atoms with Crippen molar-refractivity contribution in [2.24, 2.45) is 0 Å². The summed E-state index contributed by atoms with van der Waals surface area (Å²) in [5, 5.41) is 8.88. The molecule has 1 heterocycles. The van der Waals surface area contributed by atoms with E-state index in [4.69, 9.17) is 5.11 Å². The first-order valence-corrected chi connectivity index (χ1v) is 9.27. The summed E-state index contributed by atoms with van der Waals surface area (Å²) in [5.74, 6) is -0.635. The first kappa shape index (κ1) is 22.5. The van der Waals surface area contributed by atoms with Crippen LogP contribution in [0.15, 0.2) is 24.3 Å². The zero-order valence-electron chi connectivity index (χ0n) is 15.8. The molecule has 1 aromatic rings. The number of carboxylic acids is 1. The zero-order valence-corrected chi connectivity index (χ0v) is 16.6. The molecule has 1 fully saturated rings. The van der Waals surface area contributed by atoms with Crippen molar-refractivity contribution in [2.45, 2.75) is 51.5 Å². The number of aryl methyl sites for hydroxylation is 1. The van der Waals surface area contributed by atoms with E-state index in [1.165, 1.54) is 18.4 Å². The Bertz CT molecular complexity index is 569. The number of hydrogen-bond donors (Lipinski definition) is 1. The van der Waals surface area contributed by atoms with E-state index >= 15 is 0 Å². The molecule has 1 aliphatic rings. The van der Waals surface area contributed by atoms with E-state index in [2.05, 4.69) is 31.2 Å². The third-order valence-electron chi connectivity index (χ3n) is 5.02. The summed E-state index contributed by atoms with van der Waals surface area (Å²) in [7, 11) is 1.84. The van der Waals surface area contributed by atoms with Crippen LogP contribution in [0.5, 0.6) is 0 Å². The zero-order chi connectivity index (χ0) is 18.2. The molecule has 26 heavy (non-hydrogen) atoms. The molecule has 1 saturated heterocycles. The molecule has 1 N–H and O–H groups in total. The Morgan fingerprint density at radius 3 is 2.27 bits per heavy atom. The summed E-state index contributed by atoms with van der Waals surface area (Å²) in [6, 6.07) is 8.64. The fourth-order valence-corrected chi connectivity index (χ4v) is 3.39. The highest BCUT2D eigenvalue weighted by molar-refractivity contribution is 5.85. The van der Waals surface area contributed by atoms with Gasteiger partial charge in [-0.2, -0.15) is 0 Å². The van der Waals surface area contributed by atoms with Gasteiger partial charge in [-0.1, -0.05) is 37.6 Å². The van der Waals surface area contributed by atoms with Crippen molar-refractivity contribution in [1.82, 2.24) is 9.80 Å². The summed E-state index contributed by atoms with van der Waals surface area (Å²) in [6.07, 6.45) is 5.62. The van der Waals surface area contributed by atoms with E-state index in [1.54, 1.807) is 0 Å². The van der Waals surface area contributed by atoms with Crippen molar-refractivity contribution in [2.75, 3.05) is 26.7 Å². The van der Waals surface area contributed by atoms with Crippen LogP contribution >= 0.6 is 12.4 Å². The van der Waals surface area contributed by atoms with E-state index in [0.29, 0.717) is 19.5 Å². The first-order chi connectivity index (χ1) is 12.0. The largest absolute Gasteiger partial charge is 0.480 e. The highest BCUT2D eigenvalue weighted by atomic mass is 35.5. The average molecular weight is 383 g/mol. The van der Waals surface area contributed by atoms with Gasteiger partial charge in [-0.3, -0.25) is 14.5 Å². The molecule has 1 amide bonds. The van der Waals surface area contributed by atoms with Crippen LogP contribution in [0.1, 0.15) is 43.7 Å². The molecule has 1 aliphatic heterocycles. The maximum atomic E-state index is 12.5. The van der Waals surface area contributed by atoms with E-state index in [9.17, 15) is 9.59 Å². The summed E-state index contributed by atoms with van der Waals surface area (Å²) in [5.41, 5.74) is 2.40. The number of benzene rings is 1. The van der Waals surface area contributed by atoms with Crippen LogP contribution in [0.4, 0.5) is 0 Å². The van der Waals surface area contributed by atoms with Crippen molar-refractivity contribution in [3.63, 3.8) is 0 Å². The lowest BCUT2D eigenvalue weighted by molar-refractivity contribution is -0.139. The number of hydrogen-bond acceptors (Lipinski definition) is 3. The smallest absolute Gasteiger partial charge is 0.317 e. The molecule has 1 aromatic carbocycles. The van der Waals surface area contributed by atoms with Gasteiger partial charge in [0.15, 0.2) is 0 Å². The van der Waals surface area contributed by atoms with Crippen molar-refractivity contribution < 1.29 is 14.7 Å². The number of piperidine rings is 1. The lowest BCUT2D eigenvalue weighted by Crippen LogP contribution is -2.47. The molecule has 0 bridgehead atoms. The Labute approximate surface area is 162 Å². The molecule has 0 spiro atoms. The molecule has 6 heteroatoms. The highest BCUT2D eigenvalue weighted by Gasteiger charge is 2.25. The van der Waals surface area contributed by atoms with Gasteiger partial charge in [0.05, 0.1) is 13.0 Å². The van der Waals surface area contributed by atoms with Crippen molar-refractivity contribution in [3.8, 4) is 0 Å². The molecule has 2 rings (SSSR count). The molecule has 0 aromatic heterocycles. The van der Waals surface area contributed by atoms with Crippen LogP contribution < -0.4 is 0 Å². The van der Waals surface area contributed by atoms with E-state index in [0.717, 1.165) is 24.8 Å². The van der Waals surface area contributed by atoms with Gasteiger partial charge in [-0.25, -0.2) is 0 Å². The second-order valence-corrected chi connectivity index (χ2v) is 7.02. The Morgan fingerprint density at radius 2 is 1.73 bits per heavy atom. The Morgan fingerprint density at radius 1 is 1.15 bits per heavy atom. The maximum Gasteiger partial charge on any atom is 0.317 e. The van der Waals surface area contributed by atoms with Gasteiger partial charge < -0.3 is 10.0 Å². The number of unbranched alkanes of at least 4 members (excludes halogenated alkanes) is 1. The van der Waals surface area contributed by atoms with Gasteiger partial charge in [0.2, 0.25) is 5.91 Å². The predicted octanol–water partition coefficient (Wildman–Crippen LogP) is 3.00. The maximum absolute atomic E-state index is 12.5. The quantitative estimate of drug-likeness (QED) is 0.750. The predicted molar refractivity (Wildman–Crippen MR) is 106 cm³/mol. The van der Waals surface area contributed by atoms with E-state index in [1.807, 2.05) is 16.8 Å². The molecule has 0 atom stereocenters. The number of likely N-dealkylation sites (N-methyl/N-ethyl adjacent to an activating group) is 1. The van der Waals surface area contributed by atoms with Crippen LogP contribution in [0.25, 0.3) is 0 Å². The number of aliphatic carboxylic acids is 1. The van der Waals surface area contributed by atoms with Gasteiger partial charge in [0.1, 0.15) is 0 Å². The lowest BCUT2D eigenvalue weighted by atomic mass is 10.0. The summed E-state index contributed by atoms with van der Waals surface area (Å²) < 4.78 is 0. The Balaban J connectivity index is 0.00000338. The standard InChI is InChI=1S/C20H30N2O3.ClH/c1-3-4-5-16-6-8-17(9-7-16)14-19(23)22-12-10-18(11-13-22)21(2)15-20(24)25;/h6-9,18H,3-5,10-15H2,1-2H3,(H,24,25);1H. The number of carboxylic acid groups (broad SMARTS) is 1. The fraction of sp³-hybridized carbons (Fsp3) is 0.600. The van der Waals surface area contributed by atoms with Crippen LogP contribution in [0.3, 0.4) is 0 Å². The average Bonchev–Trinajstić information content (AvgIpc) is 2.60. The topological polar surface area (TPSA) is 60.9 Å². The second-order valence-electron chi connectivity index (χ2n) is 7.02. The van der Waals surface area contributed by atoms with E-state index < -0.39 is 5.97 Å². The van der Waals surface area contributed by atoms with Crippen molar-refractivity contribution in [3.05, 3.63) is 35.4 Å². The van der Waals surface area contributed by atoms with Gasteiger partial charge in [-0.05, 0) is 43.9 Å². The highest BCUT2D eigenvalue weighted by Crippen LogP contribution is 2.17. The molecule has 0 saturated carbocycles. The number of carbonyl (C=O) groups is 2. The number of halogens is 1. The van der Waals surface area contributed by atoms with Crippen LogP contribution in [0.2, 0.25) is 0 Å². The molecule has 5 nitrogen and oxygen atoms in total. The Hall–Kier alpha value is -1.59. The van der Waals surface area contributed by atoms with E-state index in [-0.39, 0.29) is 30.9 Å². The number of carbonyl (C=O) groups excluding carboxylic acids is 1. The van der Waals surface area contributed by atoms with Gasteiger partial charge in [0, 0.05) is 19.1 Å². The van der Waals surface area contributed by atoms with Crippen LogP contribution in [0, 0.1) is 0 Å². The van der Waals surface area contributed by atoms with Gasteiger partial charge in [0.25, 0.3) is 0 Å². The number of nitrogens with zero attached hydrogens (tertiary/aromatic N) is 2. The number of likely N-dealkylation sites (tertiary alicyclic amines) is 1. The minimum Gasteiger partial charge on any atom is -0.480 e. The monoisotopic (exact) mass is 382 g/mol. The van der Waals surface area contributed by atoms with Crippen molar-refractivity contribution in [1.29, 1.82) is 0 Å². The Kier molecular flexibility index (Phi) is 9.66. The van der Waals surface area contributed by atoms with Crippen LogP contribution in [-0.2, 0) is 22.4 Å². The normalized spacial score (nSPS) is 15.0. The summed E-state index contributed by atoms with van der Waals surface area (Å²) in [4.78, 5) is 27.1. The molecule has 146 valence electrons. The van der Waals surface area contributed by atoms with Crippen molar-refractivity contribution >= 4 is 24.3 Å². The second kappa shape index (κ2) is 11.2. The molecular weight excluding hydrogens is 352 g/mol. The third-order valence-corrected chi connectivity index (χ3v) is 5.02. The minimum absolute atomic E-state index is 0. The fourth-order valence-electron chi connectivity index (χ4n) is 3.39. The molecular formula is C20H31ClN2O3. The first-order valence-electron chi connectivity index (χ1n) is 9.27. The SMILES string of the molecule is CCCCc1ccc(CC(=O)N2CCC(N(C)CC(=O)O)CC2)cc1.Cl. The number of amides is 1. The van der Waals surface area contributed by atoms with Gasteiger partial charge in [-0.15, -0.1) is 12.4 Å². The third kappa shape index (κ3) is 6.96.